The van der Waals surface area contributed by atoms with Crippen LogP contribution in [-0.4, -0.2) is 11.2 Å². The van der Waals surface area contributed by atoms with E-state index in [0.717, 1.165) is 18.5 Å². The Balaban J connectivity index is 1.78. The van der Waals surface area contributed by atoms with E-state index in [1.54, 1.807) is 12.5 Å². The average Bonchev–Trinajstić information content (AvgIpc) is 2.81. The van der Waals surface area contributed by atoms with Gasteiger partial charge in [0, 0.05) is 18.2 Å². The zero-order valence-electron chi connectivity index (χ0n) is 9.39. The molecule has 1 aromatic heterocycles. The standard InChI is InChI=1S/C13H16N2O/c1-11(7-12-5-3-2-4-6-12)14-8-13-9-15-16-10-13/h2-6,9-11,14H,7-8H2,1H3. The summed E-state index contributed by atoms with van der Waals surface area (Å²) in [5, 5.41) is 7.10. The van der Waals surface area contributed by atoms with Gasteiger partial charge < -0.3 is 9.84 Å². The molecule has 1 aromatic carbocycles. The maximum Gasteiger partial charge on any atom is 0.128 e. The molecule has 0 aliphatic heterocycles. The number of benzene rings is 1. The van der Waals surface area contributed by atoms with Crippen molar-refractivity contribution in [3.8, 4) is 0 Å². The lowest BCUT2D eigenvalue weighted by atomic mass is 10.1. The fourth-order valence-corrected chi connectivity index (χ4v) is 1.65. The van der Waals surface area contributed by atoms with Crippen LogP contribution in [0.3, 0.4) is 0 Å². The molecule has 0 bridgehead atoms. The van der Waals surface area contributed by atoms with Gasteiger partial charge in [-0.05, 0) is 18.9 Å². The molecule has 0 radical (unpaired) electrons. The van der Waals surface area contributed by atoms with Gasteiger partial charge in [-0.3, -0.25) is 0 Å². The van der Waals surface area contributed by atoms with E-state index in [-0.39, 0.29) is 0 Å². The van der Waals surface area contributed by atoms with E-state index in [9.17, 15) is 0 Å². The summed E-state index contributed by atoms with van der Waals surface area (Å²) in [6.07, 6.45) is 4.44. The molecule has 2 aromatic rings. The van der Waals surface area contributed by atoms with Crippen LogP contribution < -0.4 is 5.32 Å². The van der Waals surface area contributed by atoms with Crippen LogP contribution in [0.4, 0.5) is 0 Å². The minimum absolute atomic E-state index is 0.442. The minimum Gasteiger partial charge on any atom is -0.364 e. The van der Waals surface area contributed by atoms with Gasteiger partial charge in [0.1, 0.15) is 6.26 Å². The van der Waals surface area contributed by atoms with Crippen LogP contribution in [-0.2, 0) is 13.0 Å². The van der Waals surface area contributed by atoms with Crippen LogP contribution in [0.1, 0.15) is 18.1 Å². The molecule has 84 valence electrons. The fraction of sp³-hybridized carbons (Fsp3) is 0.308. The first-order valence-electron chi connectivity index (χ1n) is 5.50. The van der Waals surface area contributed by atoms with E-state index in [2.05, 4.69) is 41.7 Å². The molecule has 0 saturated heterocycles. The van der Waals surface area contributed by atoms with Crippen molar-refractivity contribution in [1.82, 2.24) is 10.5 Å². The first kappa shape index (κ1) is 10.9. The molecule has 0 amide bonds. The van der Waals surface area contributed by atoms with Crippen molar-refractivity contribution in [1.29, 1.82) is 0 Å². The van der Waals surface area contributed by atoms with Gasteiger partial charge in [-0.25, -0.2) is 0 Å². The molecule has 1 N–H and O–H groups in total. The molecule has 3 nitrogen and oxygen atoms in total. The van der Waals surface area contributed by atoms with E-state index in [4.69, 9.17) is 4.52 Å². The molecule has 1 atom stereocenters. The monoisotopic (exact) mass is 216 g/mol. The third-order valence-electron chi connectivity index (χ3n) is 2.52. The second-order valence-electron chi connectivity index (χ2n) is 4.00. The normalized spacial score (nSPS) is 12.6. The summed E-state index contributed by atoms with van der Waals surface area (Å²) in [7, 11) is 0. The Hall–Kier alpha value is -1.61. The molecule has 0 saturated carbocycles. The summed E-state index contributed by atoms with van der Waals surface area (Å²) in [5.74, 6) is 0. The van der Waals surface area contributed by atoms with E-state index < -0.39 is 0 Å². The topological polar surface area (TPSA) is 38.1 Å². The highest BCUT2D eigenvalue weighted by atomic mass is 16.5. The first-order chi connectivity index (χ1) is 7.84. The summed E-state index contributed by atoms with van der Waals surface area (Å²) in [6, 6.07) is 10.9. The molecule has 0 aliphatic carbocycles. The van der Waals surface area contributed by atoms with E-state index >= 15 is 0 Å². The summed E-state index contributed by atoms with van der Waals surface area (Å²) >= 11 is 0. The highest BCUT2D eigenvalue weighted by Crippen LogP contribution is 2.03. The lowest BCUT2D eigenvalue weighted by Crippen LogP contribution is -2.27. The van der Waals surface area contributed by atoms with Crippen molar-refractivity contribution in [2.75, 3.05) is 0 Å². The number of nitrogens with zero attached hydrogens (tertiary/aromatic N) is 1. The summed E-state index contributed by atoms with van der Waals surface area (Å²) in [6.45, 7) is 2.98. The van der Waals surface area contributed by atoms with Crippen LogP contribution in [0, 0.1) is 0 Å². The molecule has 16 heavy (non-hydrogen) atoms. The molecular weight excluding hydrogens is 200 g/mol. The number of hydrogen-bond donors (Lipinski definition) is 1. The molecular formula is C13H16N2O. The Kier molecular flexibility index (Phi) is 3.72. The molecule has 0 aliphatic rings. The van der Waals surface area contributed by atoms with Crippen molar-refractivity contribution in [3.05, 3.63) is 53.9 Å². The van der Waals surface area contributed by atoms with Gasteiger partial charge in [0.2, 0.25) is 0 Å². The number of hydrogen-bond acceptors (Lipinski definition) is 3. The molecule has 0 spiro atoms. The van der Waals surface area contributed by atoms with Crippen molar-refractivity contribution < 1.29 is 4.52 Å². The van der Waals surface area contributed by atoms with Crippen LogP contribution in [0.15, 0.2) is 47.3 Å². The van der Waals surface area contributed by atoms with Crippen molar-refractivity contribution >= 4 is 0 Å². The SMILES string of the molecule is CC(Cc1ccccc1)NCc1cnoc1. The lowest BCUT2D eigenvalue weighted by molar-refractivity contribution is 0.418. The Morgan fingerprint density at radius 1 is 1.25 bits per heavy atom. The van der Waals surface area contributed by atoms with Crippen molar-refractivity contribution in [2.24, 2.45) is 0 Å². The van der Waals surface area contributed by atoms with Gasteiger partial charge in [0.05, 0.1) is 6.20 Å². The number of aromatic nitrogens is 1. The van der Waals surface area contributed by atoms with Crippen LogP contribution >= 0.6 is 0 Å². The molecule has 1 unspecified atom stereocenters. The minimum atomic E-state index is 0.442. The largest absolute Gasteiger partial charge is 0.364 e. The van der Waals surface area contributed by atoms with Gasteiger partial charge in [-0.15, -0.1) is 0 Å². The highest BCUT2D eigenvalue weighted by molar-refractivity contribution is 5.15. The number of nitrogens with one attached hydrogen (secondary N) is 1. The van der Waals surface area contributed by atoms with Crippen LogP contribution in [0.25, 0.3) is 0 Å². The maximum absolute atomic E-state index is 4.78. The molecule has 2 rings (SSSR count). The quantitative estimate of drug-likeness (QED) is 0.834. The van der Waals surface area contributed by atoms with Gasteiger partial charge in [0.25, 0.3) is 0 Å². The van der Waals surface area contributed by atoms with Crippen molar-refractivity contribution in [3.63, 3.8) is 0 Å². The third-order valence-corrected chi connectivity index (χ3v) is 2.52. The predicted molar refractivity (Wildman–Crippen MR) is 63.0 cm³/mol. The van der Waals surface area contributed by atoms with Gasteiger partial charge in [-0.1, -0.05) is 35.5 Å². The summed E-state index contributed by atoms with van der Waals surface area (Å²) < 4.78 is 4.78. The van der Waals surface area contributed by atoms with Gasteiger partial charge in [-0.2, -0.15) is 0 Å². The Labute approximate surface area is 95.5 Å². The maximum atomic E-state index is 4.78. The molecule has 0 fully saturated rings. The smallest absolute Gasteiger partial charge is 0.128 e. The summed E-state index contributed by atoms with van der Waals surface area (Å²) in [4.78, 5) is 0. The number of rotatable bonds is 5. The van der Waals surface area contributed by atoms with Crippen molar-refractivity contribution in [2.45, 2.75) is 25.9 Å². The van der Waals surface area contributed by atoms with Gasteiger partial charge in [0.15, 0.2) is 0 Å². The van der Waals surface area contributed by atoms with E-state index in [0.29, 0.717) is 6.04 Å². The molecule has 1 heterocycles. The zero-order chi connectivity index (χ0) is 11.2. The Morgan fingerprint density at radius 3 is 2.75 bits per heavy atom. The van der Waals surface area contributed by atoms with Gasteiger partial charge >= 0.3 is 0 Å². The Bertz CT molecular complexity index is 397. The summed E-state index contributed by atoms with van der Waals surface area (Å²) in [5.41, 5.74) is 2.44. The zero-order valence-corrected chi connectivity index (χ0v) is 9.39. The average molecular weight is 216 g/mol. The first-order valence-corrected chi connectivity index (χ1v) is 5.50. The highest BCUT2D eigenvalue weighted by Gasteiger charge is 2.03. The van der Waals surface area contributed by atoms with E-state index in [1.807, 2.05) is 6.07 Å². The fourth-order valence-electron chi connectivity index (χ4n) is 1.65. The second kappa shape index (κ2) is 5.47. The predicted octanol–water partition coefficient (Wildman–Crippen LogP) is 2.40. The van der Waals surface area contributed by atoms with E-state index in [1.165, 1.54) is 5.56 Å². The Morgan fingerprint density at radius 2 is 2.06 bits per heavy atom. The van der Waals surface area contributed by atoms with Crippen LogP contribution in [0.2, 0.25) is 0 Å². The second-order valence-corrected chi connectivity index (χ2v) is 4.00. The molecule has 3 heteroatoms. The van der Waals surface area contributed by atoms with Crippen LogP contribution in [0.5, 0.6) is 0 Å². The lowest BCUT2D eigenvalue weighted by Gasteiger charge is -2.12. The third kappa shape index (κ3) is 3.21.